The van der Waals surface area contributed by atoms with Crippen LogP contribution in [0.1, 0.15) is 18.4 Å². The van der Waals surface area contributed by atoms with Gasteiger partial charge in [0.05, 0.1) is 7.11 Å². The molecule has 0 saturated carbocycles. The van der Waals surface area contributed by atoms with Crippen molar-refractivity contribution >= 4 is 23.3 Å². The Morgan fingerprint density at radius 1 is 1.28 bits per heavy atom. The zero-order chi connectivity index (χ0) is 13.2. The van der Waals surface area contributed by atoms with Crippen LogP contribution in [-0.4, -0.2) is 24.7 Å². The molecule has 1 aromatic rings. The summed E-state index contributed by atoms with van der Waals surface area (Å²) in [6, 6.07) is 10.0. The van der Waals surface area contributed by atoms with Crippen molar-refractivity contribution in [2.24, 2.45) is 0 Å². The maximum absolute atomic E-state index is 10.9. The fourth-order valence-corrected chi connectivity index (χ4v) is 1.55. The maximum Gasteiger partial charge on any atom is 0.305 e. The van der Waals surface area contributed by atoms with Crippen LogP contribution in [0, 0.1) is 0 Å². The van der Waals surface area contributed by atoms with Gasteiger partial charge in [-0.2, -0.15) is 0 Å². The molecule has 1 rings (SSSR count). The predicted octanol–water partition coefficient (Wildman–Crippen LogP) is 1.60. The van der Waals surface area contributed by atoms with Crippen LogP contribution in [0.3, 0.4) is 0 Å². The number of ether oxygens (including phenoxy) is 1. The summed E-state index contributed by atoms with van der Waals surface area (Å²) in [7, 11) is 1.39. The number of hydrogen-bond acceptors (Lipinski definition) is 3. The second-order valence-corrected chi connectivity index (χ2v) is 4.18. The van der Waals surface area contributed by atoms with E-state index in [0.29, 0.717) is 31.0 Å². The number of hydrogen-bond donors (Lipinski definition) is 2. The largest absolute Gasteiger partial charge is 0.469 e. The summed E-state index contributed by atoms with van der Waals surface area (Å²) in [5.74, 6) is -0.194. The second-order valence-electron chi connectivity index (χ2n) is 3.77. The molecule has 0 saturated heterocycles. The van der Waals surface area contributed by atoms with Crippen molar-refractivity contribution in [3.05, 3.63) is 35.9 Å². The molecule has 0 atom stereocenters. The standard InChI is InChI=1S/C13H18N2O2S/c1-17-12(16)8-5-9-14-13(18)15-10-11-6-3-2-4-7-11/h2-4,6-7H,5,8-10H2,1H3,(H2,14,15,18). The number of rotatable bonds is 6. The first-order valence-electron chi connectivity index (χ1n) is 5.85. The highest BCUT2D eigenvalue weighted by Gasteiger charge is 2.00. The molecule has 0 aliphatic carbocycles. The van der Waals surface area contributed by atoms with Crippen LogP contribution < -0.4 is 10.6 Å². The molecule has 0 fully saturated rings. The van der Waals surface area contributed by atoms with E-state index in [1.54, 1.807) is 0 Å². The van der Waals surface area contributed by atoms with Crippen molar-refractivity contribution in [1.29, 1.82) is 0 Å². The lowest BCUT2D eigenvalue weighted by molar-refractivity contribution is -0.140. The Balaban J connectivity index is 2.09. The van der Waals surface area contributed by atoms with Crippen LogP contribution in [0.5, 0.6) is 0 Å². The molecule has 0 heterocycles. The Labute approximate surface area is 113 Å². The molecule has 0 radical (unpaired) electrons. The first-order valence-corrected chi connectivity index (χ1v) is 6.25. The minimum absolute atomic E-state index is 0.194. The summed E-state index contributed by atoms with van der Waals surface area (Å²) >= 11 is 5.12. The van der Waals surface area contributed by atoms with Gasteiger partial charge in [0, 0.05) is 19.5 Å². The van der Waals surface area contributed by atoms with Crippen molar-refractivity contribution in [1.82, 2.24) is 10.6 Å². The minimum atomic E-state index is -0.194. The van der Waals surface area contributed by atoms with Crippen LogP contribution >= 0.6 is 12.2 Å². The molecule has 5 heteroatoms. The molecule has 0 spiro atoms. The van der Waals surface area contributed by atoms with E-state index in [9.17, 15) is 4.79 Å². The van der Waals surface area contributed by atoms with Crippen LogP contribution in [0.2, 0.25) is 0 Å². The van der Waals surface area contributed by atoms with E-state index in [0.717, 1.165) is 0 Å². The predicted molar refractivity (Wildman–Crippen MR) is 75.1 cm³/mol. The van der Waals surface area contributed by atoms with Crippen LogP contribution in [0.15, 0.2) is 30.3 Å². The van der Waals surface area contributed by atoms with E-state index in [4.69, 9.17) is 12.2 Å². The molecule has 0 bridgehead atoms. The van der Waals surface area contributed by atoms with Crippen LogP contribution in [-0.2, 0) is 16.1 Å². The highest BCUT2D eigenvalue weighted by molar-refractivity contribution is 7.80. The number of carbonyl (C=O) groups excluding carboxylic acids is 1. The average Bonchev–Trinajstić information content (AvgIpc) is 2.42. The maximum atomic E-state index is 10.9. The van der Waals surface area contributed by atoms with Gasteiger partial charge in [0.2, 0.25) is 0 Å². The fraction of sp³-hybridized carbons (Fsp3) is 0.385. The van der Waals surface area contributed by atoms with Gasteiger partial charge in [0.25, 0.3) is 0 Å². The van der Waals surface area contributed by atoms with Gasteiger partial charge in [-0.25, -0.2) is 0 Å². The summed E-state index contributed by atoms with van der Waals surface area (Å²) in [4.78, 5) is 10.9. The lowest BCUT2D eigenvalue weighted by Crippen LogP contribution is -2.35. The molecule has 0 aliphatic heterocycles. The number of carbonyl (C=O) groups is 1. The molecule has 98 valence electrons. The molecule has 1 aromatic carbocycles. The fourth-order valence-electron chi connectivity index (χ4n) is 1.38. The number of esters is 1. The molecule has 0 amide bonds. The van der Waals surface area contributed by atoms with E-state index in [1.807, 2.05) is 30.3 Å². The quantitative estimate of drug-likeness (QED) is 0.465. The van der Waals surface area contributed by atoms with Gasteiger partial charge in [-0.1, -0.05) is 30.3 Å². The van der Waals surface area contributed by atoms with Gasteiger partial charge < -0.3 is 15.4 Å². The van der Waals surface area contributed by atoms with Crippen molar-refractivity contribution in [3.63, 3.8) is 0 Å². The highest BCUT2D eigenvalue weighted by atomic mass is 32.1. The van der Waals surface area contributed by atoms with Gasteiger partial charge in [0.1, 0.15) is 0 Å². The Morgan fingerprint density at radius 3 is 2.67 bits per heavy atom. The molecule has 0 aliphatic rings. The molecular weight excluding hydrogens is 248 g/mol. The third kappa shape index (κ3) is 6.20. The molecule has 18 heavy (non-hydrogen) atoms. The third-order valence-corrected chi connectivity index (χ3v) is 2.66. The summed E-state index contributed by atoms with van der Waals surface area (Å²) in [6.07, 6.45) is 1.12. The lowest BCUT2D eigenvalue weighted by Gasteiger charge is -2.10. The Kier molecular flexibility index (Phi) is 6.79. The van der Waals surface area contributed by atoms with Crippen LogP contribution in [0.4, 0.5) is 0 Å². The van der Waals surface area contributed by atoms with E-state index in [2.05, 4.69) is 15.4 Å². The Hall–Kier alpha value is -1.62. The number of nitrogens with one attached hydrogen (secondary N) is 2. The third-order valence-electron chi connectivity index (χ3n) is 2.37. The Morgan fingerprint density at radius 2 is 2.00 bits per heavy atom. The molecule has 2 N–H and O–H groups in total. The molecule has 0 unspecified atom stereocenters. The van der Waals surface area contributed by atoms with Crippen molar-refractivity contribution in [3.8, 4) is 0 Å². The average molecular weight is 266 g/mol. The highest BCUT2D eigenvalue weighted by Crippen LogP contribution is 1.97. The SMILES string of the molecule is COC(=O)CCCNC(=S)NCc1ccccc1. The normalized spacial score (nSPS) is 9.61. The number of methoxy groups -OCH3 is 1. The summed E-state index contributed by atoms with van der Waals surface area (Å²) in [5, 5.41) is 6.75. The topological polar surface area (TPSA) is 50.4 Å². The van der Waals surface area contributed by atoms with Gasteiger partial charge in [-0.3, -0.25) is 4.79 Å². The van der Waals surface area contributed by atoms with Crippen molar-refractivity contribution < 1.29 is 9.53 Å². The summed E-state index contributed by atoms with van der Waals surface area (Å²) in [6.45, 7) is 1.36. The van der Waals surface area contributed by atoms with Gasteiger partial charge in [-0.05, 0) is 24.2 Å². The van der Waals surface area contributed by atoms with Gasteiger partial charge >= 0.3 is 5.97 Å². The number of benzene rings is 1. The first kappa shape index (κ1) is 14.4. The van der Waals surface area contributed by atoms with E-state index in [-0.39, 0.29) is 5.97 Å². The van der Waals surface area contributed by atoms with Crippen LogP contribution in [0.25, 0.3) is 0 Å². The monoisotopic (exact) mass is 266 g/mol. The zero-order valence-corrected chi connectivity index (χ0v) is 11.3. The van der Waals surface area contributed by atoms with E-state index < -0.39 is 0 Å². The molecule has 4 nitrogen and oxygen atoms in total. The smallest absolute Gasteiger partial charge is 0.305 e. The Bertz CT molecular complexity index is 382. The molecular formula is C13H18N2O2S. The van der Waals surface area contributed by atoms with Crippen molar-refractivity contribution in [2.75, 3.05) is 13.7 Å². The number of thiocarbonyl (C=S) groups is 1. The van der Waals surface area contributed by atoms with Crippen molar-refractivity contribution in [2.45, 2.75) is 19.4 Å². The minimum Gasteiger partial charge on any atom is -0.469 e. The summed E-state index contributed by atoms with van der Waals surface area (Å²) < 4.78 is 4.55. The van der Waals surface area contributed by atoms with Gasteiger partial charge in [-0.15, -0.1) is 0 Å². The molecule has 0 aromatic heterocycles. The lowest BCUT2D eigenvalue weighted by atomic mass is 10.2. The zero-order valence-electron chi connectivity index (χ0n) is 10.4. The van der Waals surface area contributed by atoms with E-state index in [1.165, 1.54) is 12.7 Å². The second kappa shape index (κ2) is 8.47. The van der Waals surface area contributed by atoms with E-state index >= 15 is 0 Å². The first-order chi connectivity index (χ1) is 8.72. The van der Waals surface area contributed by atoms with Gasteiger partial charge in [0.15, 0.2) is 5.11 Å². The summed E-state index contributed by atoms with van der Waals surface area (Å²) in [5.41, 5.74) is 1.18.